The third kappa shape index (κ3) is 6.30. The van der Waals surface area contributed by atoms with Crippen LogP contribution in [0, 0.1) is 0 Å². The highest BCUT2D eigenvalue weighted by atomic mass is 16.7. The van der Waals surface area contributed by atoms with Gasteiger partial charge in [-0.05, 0) is 23.3 Å². The van der Waals surface area contributed by atoms with Gasteiger partial charge in [0.15, 0.2) is 6.29 Å². The third-order valence-corrected chi connectivity index (χ3v) is 4.90. The summed E-state index contributed by atoms with van der Waals surface area (Å²) in [6.07, 6.45) is 0.137. The molecule has 0 saturated carbocycles. The smallest absolute Gasteiger partial charge is 0.245 e. The summed E-state index contributed by atoms with van der Waals surface area (Å²) < 4.78 is 16.1. The number of nitrogens with zero attached hydrogens (tertiary/aromatic N) is 1. The Bertz CT molecular complexity index is 836. The second-order valence-electron chi connectivity index (χ2n) is 7.23. The fourth-order valence-corrected chi connectivity index (χ4v) is 3.36. The van der Waals surface area contributed by atoms with Gasteiger partial charge in [0.05, 0.1) is 33.3 Å². The minimum atomic E-state index is -0.683. The summed E-state index contributed by atoms with van der Waals surface area (Å²) in [5.41, 5.74) is 1.79. The summed E-state index contributed by atoms with van der Waals surface area (Å²) >= 11 is 0. The zero-order chi connectivity index (χ0) is 21.3. The number of ether oxygens (including phenoxy) is 3. The Balaban J connectivity index is 1.67. The molecule has 1 saturated heterocycles. The highest BCUT2D eigenvalue weighted by Crippen LogP contribution is 2.14. The number of rotatable bonds is 9. The molecule has 2 amide bonds. The van der Waals surface area contributed by atoms with Gasteiger partial charge in [-0.25, -0.2) is 0 Å². The lowest BCUT2D eigenvalue weighted by Crippen LogP contribution is -2.50. The van der Waals surface area contributed by atoms with Gasteiger partial charge in [-0.15, -0.1) is 0 Å². The first kappa shape index (κ1) is 21.8. The van der Waals surface area contributed by atoms with Gasteiger partial charge in [-0.2, -0.15) is 0 Å². The maximum atomic E-state index is 13.1. The van der Waals surface area contributed by atoms with Crippen molar-refractivity contribution < 1.29 is 23.8 Å². The molecule has 0 aromatic heterocycles. The molecule has 1 N–H and O–H groups in total. The van der Waals surface area contributed by atoms with E-state index in [-0.39, 0.29) is 18.2 Å². The molecule has 1 aliphatic heterocycles. The van der Waals surface area contributed by atoms with E-state index in [0.717, 1.165) is 11.1 Å². The first-order valence-electron chi connectivity index (χ1n) is 9.99. The largest absolute Gasteiger partial charge is 0.497 e. The Morgan fingerprint density at radius 1 is 1.10 bits per heavy atom. The molecule has 1 aliphatic rings. The van der Waals surface area contributed by atoms with Gasteiger partial charge in [-0.1, -0.05) is 42.5 Å². The van der Waals surface area contributed by atoms with Crippen LogP contribution < -0.4 is 10.1 Å². The van der Waals surface area contributed by atoms with Crippen molar-refractivity contribution in [2.75, 3.05) is 33.9 Å². The highest BCUT2D eigenvalue weighted by Gasteiger charge is 2.27. The topological polar surface area (TPSA) is 77.1 Å². The van der Waals surface area contributed by atoms with Crippen molar-refractivity contribution in [3.8, 4) is 5.75 Å². The predicted molar refractivity (Wildman–Crippen MR) is 112 cm³/mol. The van der Waals surface area contributed by atoms with Crippen molar-refractivity contribution in [3.63, 3.8) is 0 Å². The molecule has 0 bridgehead atoms. The van der Waals surface area contributed by atoms with Gasteiger partial charge >= 0.3 is 0 Å². The lowest BCUT2D eigenvalue weighted by atomic mass is 10.0. The van der Waals surface area contributed by atoms with Crippen LogP contribution in [0.1, 0.15) is 11.1 Å². The van der Waals surface area contributed by atoms with Crippen LogP contribution in [0.25, 0.3) is 0 Å². The van der Waals surface area contributed by atoms with Gasteiger partial charge in [0.2, 0.25) is 11.8 Å². The lowest BCUT2D eigenvalue weighted by Gasteiger charge is -2.26. The van der Waals surface area contributed by atoms with E-state index in [2.05, 4.69) is 5.32 Å². The molecule has 1 heterocycles. The second kappa shape index (κ2) is 10.8. The number of amides is 2. The lowest BCUT2D eigenvalue weighted by molar-refractivity contribution is -0.139. The Hall–Kier alpha value is -2.90. The van der Waals surface area contributed by atoms with Crippen molar-refractivity contribution in [2.24, 2.45) is 0 Å². The molecule has 7 heteroatoms. The van der Waals surface area contributed by atoms with Crippen molar-refractivity contribution in [3.05, 3.63) is 65.7 Å². The van der Waals surface area contributed by atoms with Gasteiger partial charge < -0.3 is 24.4 Å². The van der Waals surface area contributed by atoms with Gasteiger partial charge in [0.25, 0.3) is 0 Å². The van der Waals surface area contributed by atoms with E-state index in [9.17, 15) is 9.59 Å². The molecule has 2 aromatic rings. The van der Waals surface area contributed by atoms with Crippen LogP contribution in [-0.2, 0) is 31.9 Å². The summed E-state index contributed by atoms with van der Waals surface area (Å²) in [6.45, 7) is 1.37. The number of methoxy groups -OCH3 is 1. The number of carbonyl (C=O) groups is 2. The van der Waals surface area contributed by atoms with E-state index in [1.54, 1.807) is 19.1 Å². The molecule has 0 radical (unpaired) electrons. The average Bonchev–Trinajstić information content (AvgIpc) is 3.26. The van der Waals surface area contributed by atoms with Crippen LogP contribution in [0.2, 0.25) is 0 Å². The quantitative estimate of drug-likeness (QED) is 0.680. The SMILES string of the molecule is COc1cccc(CC(=O)N[C@@H](Cc2ccccc2)C(=O)N(C)CC2OCCO2)c1. The Morgan fingerprint density at radius 2 is 1.80 bits per heavy atom. The summed E-state index contributed by atoms with van der Waals surface area (Å²) in [5, 5.41) is 2.90. The van der Waals surface area contributed by atoms with E-state index < -0.39 is 12.3 Å². The molecular weight excluding hydrogens is 384 g/mol. The van der Waals surface area contributed by atoms with Crippen molar-refractivity contribution in [1.29, 1.82) is 0 Å². The van der Waals surface area contributed by atoms with Crippen LogP contribution in [0.5, 0.6) is 5.75 Å². The maximum Gasteiger partial charge on any atom is 0.245 e. The average molecular weight is 412 g/mol. The molecular formula is C23H28N2O5. The van der Waals surface area contributed by atoms with Gasteiger partial charge in [0, 0.05) is 13.5 Å². The number of hydrogen-bond donors (Lipinski definition) is 1. The number of carbonyl (C=O) groups excluding carboxylic acids is 2. The minimum absolute atomic E-state index is 0.161. The van der Waals surface area contributed by atoms with E-state index in [0.29, 0.717) is 31.9 Å². The summed E-state index contributed by atoms with van der Waals surface area (Å²) in [5.74, 6) is 0.282. The molecule has 1 fully saturated rings. The van der Waals surface area contributed by atoms with Gasteiger partial charge in [-0.3, -0.25) is 9.59 Å². The van der Waals surface area contributed by atoms with Crippen LogP contribution in [0.15, 0.2) is 54.6 Å². The molecule has 7 nitrogen and oxygen atoms in total. The zero-order valence-electron chi connectivity index (χ0n) is 17.4. The number of likely N-dealkylation sites (N-methyl/N-ethyl adjacent to an activating group) is 1. The van der Waals surface area contributed by atoms with E-state index in [4.69, 9.17) is 14.2 Å². The molecule has 3 rings (SSSR count). The summed E-state index contributed by atoms with van der Waals surface area (Å²) in [4.78, 5) is 27.4. The predicted octanol–water partition coefficient (Wildman–Crippen LogP) is 1.80. The van der Waals surface area contributed by atoms with Crippen LogP contribution in [-0.4, -0.2) is 63.0 Å². The Morgan fingerprint density at radius 3 is 2.50 bits per heavy atom. The Labute approximate surface area is 176 Å². The number of benzene rings is 2. The zero-order valence-corrected chi connectivity index (χ0v) is 17.4. The van der Waals surface area contributed by atoms with Crippen molar-refractivity contribution in [2.45, 2.75) is 25.2 Å². The first-order chi connectivity index (χ1) is 14.5. The van der Waals surface area contributed by atoms with Crippen LogP contribution in [0.3, 0.4) is 0 Å². The van der Waals surface area contributed by atoms with E-state index in [1.807, 2.05) is 54.6 Å². The number of nitrogens with one attached hydrogen (secondary N) is 1. The summed E-state index contributed by atoms with van der Waals surface area (Å²) in [7, 11) is 3.28. The van der Waals surface area contributed by atoms with Crippen LogP contribution >= 0.6 is 0 Å². The van der Waals surface area contributed by atoms with Crippen molar-refractivity contribution in [1.82, 2.24) is 10.2 Å². The highest BCUT2D eigenvalue weighted by molar-refractivity contribution is 5.88. The third-order valence-electron chi connectivity index (χ3n) is 4.90. The minimum Gasteiger partial charge on any atom is -0.497 e. The molecule has 160 valence electrons. The van der Waals surface area contributed by atoms with E-state index in [1.165, 1.54) is 0 Å². The Kier molecular flexibility index (Phi) is 7.82. The normalized spacial score (nSPS) is 14.9. The van der Waals surface area contributed by atoms with E-state index >= 15 is 0 Å². The molecule has 1 atom stereocenters. The molecule has 2 aromatic carbocycles. The summed E-state index contributed by atoms with van der Waals surface area (Å²) in [6, 6.07) is 16.3. The standard InChI is InChI=1S/C23H28N2O5/c1-25(16-22-29-11-12-30-22)23(27)20(14-17-7-4-3-5-8-17)24-21(26)15-18-9-6-10-19(13-18)28-2/h3-10,13,20,22H,11-12,14-16H2,1-2H3,(H,24,26)/t20-/m0/s1. The molecule has 0 aliphatic carbocycles. The number of hydrogen-bond acceptors (Lipinski definition) is 5. The molecule has 0 unspecified atom stereocenters. The van der Waals surface area contributed by atoms with Gasteiger partial charge in [0.1, 0.15) is 11.8 Å². The molecule has 30 heavy (non-hydrogen) atoms. The van der Waals surface area contributed by atoms with Crippen molar-refractivity contribution >= 4 is 11.8 Å². The fraction of sp³-hybridized carbons (Fsp3) is 0.391. The fourth-order valence-electron chi connectivity index (χ4n) is 3.36. The first-order valence-corrected chi connectivity index (χ1v) is 9.99. The monoisotopic (exact) mass is 412 g/mol. The second-order valence-corrected chi connectivity index (χ2v) is 7.23. The molecule has 0 spiro atoms. The maximum absolute atomic E-state index is 13.1. The van der Waals surface area contributed by atoms with Crippen LogP contribution in [0.4, 0.5) is 0 Å².